The van der Waals surface area contributed by atoms with Crippen LogP contribution in [0.25, 0.3) is 0 Å². The molecular formula is C20H33FIN3O2. The molecule has 1 atom stereocenters. The molecule has 1 aliphatic carbocycles. The Balaban J connectivity index is 0.00000364. The number of guanidine groups is 1. The van der Waals surface area contributed by atoms with Crippen LogP contribution in [0.4, 0.5) is 4.39 Å². The molecule has 1 unspecified atom stereocenters. The number of hydrogen-bond donors (Lipinski definition) is 3. The van der Waals surface area contributed by atoms with Crippen LogP contribution in [-0.2, 0) is 10.2 Å². The number of aliphatic hydroxyl groups is 1. The van der Waals surface area contributed by atoms with Crippen LogP contribution in [0.5, 0.6) is 0 Å². The average molecular weight is 493 g/mol. The second-order valence-corrected chi connectivity index (χ2v) is 7.42. The van der Waals surface area contributed by atoms with Gasteiger partial charge >= 0.3 is 0 Å². The summed E-state index contributed by atoms with van der Waals surface area (Å²) in [6.07, 6.45) is 1.30. The number of nitrogens with zero attached hydrogens (tertiary/aromatic N) is 1. The Hall–Kier alpha value is -0.930. The van der Waals surface area contributed by atoms with Crippen molar-refractivity contribution in [2.45, 2.75) is 45.1 Å². The second-order valence-electron chi connectivity index (χ2n) is 7.42. The molecule has 154 valence electrons. The largest absolute Gasteiger partial charge is 0.389 e. The fourth-order valence-electron chi connectivity index (χ4n) is 2.84. The maximum absolute atomic E-state index is 14.1. The van der Waals surface area contributed by atoms with E-state index >= 15 is 0 Å². The first kappa shape index (κ1) is 24.1. The molecule has 5 nitrogen and oxygen atoms in total. The van der Waals surface area contributed by atoms with Gasteiger partial charge in [0.2, 0.25) is 0 Å². The van der Waals surface area contributed by atoms with Crippen molar-refractivity contribution >= 4 is 29.9 Å². The number of hydrogen-bond acceptors (Lipinski definition) is 3. The van der Waals surface area contributed by atoms with Crippen molar-refractivity contribution in [3.8, 4) is 0 Å². The van der Waals surface area contributed by atoms with E-state index in [1.165, 1.54) is 6.07 Å². The summed E-state index contributed by atoms with van der Waals surface area (Å²) in [5.74, 6) is 0.927. The van der Waals surface area contributed by atoms with Crippen molar-refractivity contribution in [2.75, 3.05) is 32.8 Å². The molecule has 1 aromatic carbocycles. The van der Waals surface area contributed by atoms with Gasteiger partial charge in [0.25, 0.3) is 0 Å². The normalized spacial score (nSPS) is 16.6. The van der Waals surface area contributed by atoms with Crippen LogP contribution in [0.1, 0.15) is 39.2 Å². The Morgan fingerprint density at radius 1 is 1.26 bits per heavy atom. The van der Waals surface area contributed by atoms with Gasteiger partial charge < -0.3 is 20.5 Å². The van der Waals surface area contributed by atoms with Crippen LogP contribution in [0.15, 0.2) is 29.3 Å². The van der Waals surface area contributed by atoms with E-state index < -0.39 is 6.10 Å². The molecular weight excluding hydrogens is 460 g/mol. The van der Waals surface area contributed by atoms with Gasteiger partial charge in [-0.1, -0.05) is 32.0 Å². The number of halogens is 2. The van der Waals surface area contributed by atoms with Crippen molar-refractivity contribution in [2.24, 2.45) is 10.9 Å². The van der Waals surface area contributed by atoms with E-state index in [2.05, 4.69) is 29.5 Å². The summed E-state index contributed by atoms with van der Waals surface area (Å²) in [5.41, 5.74) is 0.564. The summed E-state index contributed by atoms with van der Waals surface area (Å²) in [5, 5.41) is 16.3. The summed E-state index contributed by atoms with van der Waals surface area (Å²) in [4.78, 5) is 4.62. The predicted molar refractivity (Wildman–Crippen MR) is 118 cm³/mol. The third-order valence-corrected chi connectivity index (χ3v) is 4.45. The molecule has 1 fully saturated rings. The molecule has 7 heteroatoms. The van der Waals surface area contributed by atoms with E-state index in [1.807, 2.05) is 19.1 Å². The fourth-order valence-corrected chi connectivity index (χ4v) is 2.84. The van der Waals surface area contributed by atoms with Gasteiger partial charge in [-0.3, -0.25) is 4.99 Å². The van der Waals surface area contributed by atoms with Crippen LogP contribution in [0.2, 0.25) is 0 Å². The minimum absolute atomic E-state index is 0. The zero-order valence-electron chi connectivity index (χ0n) is 16.5. The van der Waals surface area contributed by atoms with E-state index in [0.717, 1.165) is 24.9 Å². The summed E-state index contributed by atoms with van der Waals surface area (Å²) in [7, 11) is 0. The van der Waals surface area contributed by atoms with Crippen molar-refractivity contribution in [1.82, 2.24) is 10.6 Å². The van der Waals surface area contributed by atoms with Crippen molar-refractivity contribution in [3.63, 3.8) is 0 Å². The maximum atomic E-state index is 14.1. The van der Waals surface area contributed by atoms with Crippen LogP contribution in [-0.4, -0.2) is 50.0 Å². The third-order valence-electron chi connectivity index (χ3n) is 4.45. The summed E-state index contributed by atoms with van der Waals surface area (Å²) in [6.45, 7) is 8.68. The molecule has 0 spiro atoms. The molecule has 27 heavy (non-hydrogen) atoms. The molecule has 0 amide bonds. The minimum Gasteiger partial charge on any atom is -0.389 e. The van der Waals surface area contributed by atoms with Gasteiger partial charge in [0.05, 0.1) is 19.3 Å². The lowest BCUT2D eigenvalue weighted by Gasteiger charge is -2.18. The highest BCUT2D eigenvalue weighted by Gasteiger charge is 2.45. The molecule has 1 aromatic rings. The first-order valence-electron chi connectivity index (χ1n) is 9.50. The van der Waals surface area contributed by atoms with Crippen LogP contribution in [0, 0.1) is 11.7 Å². The zero-order chi connectivity index (χ0) is 19.0. The van der Waals surface area contributed by atoms with E-state index in [9.17, 15) is 9.50 Å². The summed E-state index contributed by atoms with van der Waals surface area (Å²) >= 11 is 0. The molecule has 0 heterocycles. The van der Waals surface area contributed by atoms with Crippen LogP contribution in [0.3, 0.4) is 0 Å². The number of rotatable bonds is 10. The highest BCUT2D eigenvalue weighted by atomic mass is 127. The molecule has 2 rings (SSSR count). The molecule has 0 aromatic heterocycles. The van der Waals surface area contributed by atoms with Gasteiger partial charge in [0.15, 0.2) is 5.96 Å². The first-order valence-corrected chi connectivity index (χ1v) is 9.50. The van der Waals surface area contributed by atoms with E-state index in [-0.39, 0.29) is 35.2 Å². The Labute approximate surface area is 179 Å². The lowest BCUT2D eigenvalue weighted by Crippen LogP contribution is -2.42. The lowest BCUT2D eigenvalue weighted by molar-refractivity contribution is 0.0280. The van der Waals surface area contributed by atoms with Crippen LogP contribution < -0.4 is 10.6 Å². The van der Waals surface area contributed by atoms with Crippen molar-refractivity contribution in [1.29, 1.82) is 0 Å². The highest BCUT2D eigenvalue weighted by molar-refractivity contribution is 14.0. The molecule has 0 radical (unpaired) electrons. The monoisotopic (exact) mass is 493 g/mol. The van der Waals surface area contributed by atoms with E-state index in [4.69, 9.17) is 4.74 Å². The number of nitrogens with one attached hydrogen (secondary N) is 2. The van der Waals surface area contributed by atoms with Gasteiger partial charge in [-0.25, -0.2) is 4.39 Å². The van der Waals surface area contributed by atoms with Gasteiger partial charge in [0.1, 0.15) is 5.82 Å². The SMILES string of the molecule is CCNC(=NCC1(c2ccccc2F)CC1)NCC(O)COCC(C)C.I. The number of ether oxygens (including phenoxy) is 1. The predicted octanol–water partition coefficient (Wildman–Crippen LogP) is 3.06. The molecule has 1 aliphatic rings. The number of aliphatic hydroxyl groups excluding tert-OH is 1. The van der Waals surface area contributed by atoms with E-state index in [0.29, 0.717) is 38.2 Å². The summed E-state index contributed by atoms with van der Waals surface area (Å²) in [6, 6.07) is 6.95. The molecule has 0 bridgehead atoms. The Morgan fingerprint density at radius 2 is 1.96 bits per heavy atom. The summed E-state index contributed by atoms with van der Waals surface area (Å²) < 4.78 is 19.6. The average Bonchev–Trinajstić information content (AvgIpc) is 3.38. The molecule has 1 saturated carbocycles. The Kier molecular flexibility index (Phi) is 10.5. The van der Waals surface area contributed by atoms with Gasteiger partial charge in [-0.15, -0.1) is 24.0 Å². The first-order chi connectivity index (χ1) is 12.5. The van der Waals surface area contributed by atoms with Gasteiger partial charge in [-0.2, -0.15) is 0 Å². The number of aliphatic imine (C=N–C) groups is 1. The van der Waals surface area contributed by atoms with Crippen molar-refractivity contribution in [3.05, 3.63) is 35.6 Å². The minimum atomic E-state index is -0.598. The smallest absolute Gasteiger partial charge is 0.191 e. The zero-order valence-corrected chi connectivity index (χ0v) is 18.8. The number of benzene rings is 1. The van der Waals surface area contributed by atoms with Gasteiger partial charge in [0, 0.05) is 25.1 Å². The molecule has 3 N–H and O–H groups in total. The lowest BCUT2D eigenvalue weighted by atomic mass is 9.95. The van der Waals surface area contributed by atoms with E-state index in [1.54, 1.807) is 6.07 Å². The standard InChI is InChI=1S/C20H32FN3O2.HI/c1-4-22-19(23-11-16(25)13-26-12-15(2)3)24-14-20(9-10-20)17-7-5-6-8-18(17)21;/h5-8,15-16,25H,4,9-14H2,1-3H3,(H2,22,23,24);1H. The molecule has 0 saturated heterocycles. The molecule has 0 aliphatic heterocycles. The quantitative estimate of drug-likeness (QED) is 0.266. The third kappa shape index (κ3) is 7.91. The van der Waals surface area contributed by atoms with Crippen LogP contribution >= 0.6 is 24.0 Å². The topological polar surface area (TPSA) is 65.9 Å². The second kappa shape index (κ2) is 11.8. The van der Waals surface area contributed by atoms with Gasteiger partial charge in [-0.05, 0) is 37.3 Å². The Bertz CT molecular complexity index is 594. The highest BCUT2D eigenvalue weighted by Crippen LogP contribution is 2.49. The van der Waals surface area contributed by atoms with Crippen molar-refractivity contribution < 1.29 is 14.2 Å². The fraction of sp³-hybridized carbons (Fsp3) is 0.650. The maximum Gasteiger partial charge on any atom is 0.191 e. The Morgan fingerprint density at radius 3 is 2.56 bits per heavy atom.